The molecule has 16 heavy (non-hydrogen) atoms. The smallest absolute Gasteiger partial charge is 0.224 e. The summed E-state index contributed by atoms with van der Waals surface area (Å²) in [7, 11) is 0. The molecule has 0 saturated carbocycles. The van der Waals surface area contributed by atoms with Gasteiger partial charge in [0.15, 0.2) is 0 Å². The number of nitrogens with one attached hydrogen (secondary N) is 1. The van der Waals surface area contributed by atoms with Crippen LogP contribution in [-0.4, -0.2) is 11.1 Å². The summed E-state index contributed by atoms with van der Waals surface area (Å²) >= 11 is 5.17. The standard InChI is InChI=1S/C12H14ClNO2/c1-8-4-3-5-9(2)12(8)14-11(16)7-6-10(13)15/h3-5H,6-7H2,1-2H3,(H,14,16). The molecule has 0 bridgehead atoms. The van der Waals surface area contributed by atoms with Crippen LogP contribution in [-0.2, 0) is 9.59 Å². The van der Waals surface area contributed by atoms with Gasteiger partial charge in [0.25, 0.3) is 0 Å². The van der Waals surface area contributed by atoms with E-state index in [1.54, 1.807) is 0 Å². The Morgan fingerprint density at radius 3 is 2.25 bits per heavy atom. The van der Waals surface area contributed by atoms with Crippen LogP contribution in [0.15, 0.2) is 18.2 Å². The van der Waals surface area contributed by atoms with E-state index in [2.05, 4.69) is 5.32 Å². The van der Waals surface area contributed by atoms with Gasteiger partial charge in [-0.25, -0.2) is 0 Å². The van der Waals surface area contributed by atoms with Crippen LogP contribution in [0.2, 0.25) is 0 Å². The number of anilines is 1. The zero-order chi connectivity index (χ0) is 12.1. The minimum Gasteiger partial charge on any atom is -0.326 e. The van der Waals surface area contributed by atoms with Crippen molar-refractivity contribution in [3.63, 3.8) is 0 Å². The molecule has 86 valence electrons. The summed E-state index contributed by atoms with van der Waals surface area (Å²) in [5.74, 6) is -0.189. The van der Waals surface area contributed by atoms with Gasteiger partial charge in [0.1, 0.15) is 0 Å². The second-order valence-corrected chi connectivity index (χ2v) is 4.09. The average molecular weight is 240 g/mol. The van der Waals surface area contributed by atoms with E-state index in [0.29, 0.717) is 0 Å². The molecule has 3 nitrogen and oxygen atoms in total. The van der Waals surface area contributed by atoms with Crippen molar-refractivity contribution in [2.75, 3.05) is 5.32 Å². The Balaban J connectivity index is 2.66. The van der Waals surface area contributed by atoms with E-state index < -0.39 is 5.24 Å². The third-order valence-corrected chi connectivity index (χ3v) is 2.48. The molecule has 0 aliphatic carbocycles. The fraction of sp³-hybridized carbons (Fsp3) is 0.333. The van der Waals surface area contributed by atoms with Crippen molar-refractivity contribution in [1.82, 2.24) is 0 Å². The van der Waals surface area contributed by atoms with Crippen LogP contribution in [0.1, 0.15) is 24.0 Å². The topological polar surface area (TPSA) is 46.2 Å². The van der Waals surface area contributed by atoms with Crippen LogP contribution >= 0.6 is 11.6 Å². The minimum atomic E-state index is -0.489. The summed E-state index contributed by atoms with van der Waals surface area (Å²) in [5.41, 5.74) is 2.82. The third-order valence-electron chi connectivity index (χ3n) is 2.29. The van der Waals surface area contributed by atoms with Crippen LogP contribution in [0.4, 0.5) is 5.69 Å². The van der Waals surface area contributed by atoms with Gasteiger partial charge in [-0.2, -0.15) is 0 Å². The average Bonchev–Trinajstić information content (AvgIpc) is 2.21. The van der Waals surface area contributed by atoms with Crippen molar-refractivity contribution in [3.05, 3.63) is 29.3 Å². The number of rotatable bonds is 4. The number of carbonyl (C=O) groups excluding carboxylic acids is 2. The highest BCUT2D eigenvalue weighted by Crippen LogP contribution is 2.19. The van der Waals surface area contributed by atoms with E-state index in [1.807, 2.05) is 32.0 Å². The Labute approximate surface area is 99.8 Å². The first-order valence-electron chi connectivity index (χ1n) is 5.05. The molecule has 0 saturated heterocycles. The molecule has 0 atom stereocenters. The predicted molar refractivity (Wildman–Crippen MR) is 64.6 cm³/mol. The molecule has 0 aromatic heterocycles. The van der Waals surface area contributed by atoms with Crippen LogP contribution < -0.4 is 5.32 Å². The van der Waals surface area contributed by atoms with Crippen molar-refractivity contribution in [2.24, 2.45) is 0 Å². The first kappa shape index (κ1) is 12.7. The molecular weight excluding hydrogens is 226 g/mol. The highest BCUT2D eigenvalue weighted by molar-refractivity contribution is 6.63. The van der Waals surface area contributed by atoms with E-state index in [9.17, 15) is 9.59 Å². The van der Waals surface area contributed by atoms with Gasteiger partial charge in [0, 0.05) is 18.5 Å². The highest BCUT2D eigenvalue weighted by atomic mass is 35.5. The fourth-order valence-corrected chi connectivity index (χ4v) is 1.52. The summed E-state index contributed by atoms with van der Waals surface area (Å²) in [5, 5.41) is 2.29. The molecule has 0 unspecified atom stereocenters. The molecule has 0 fully saturated rings. The van der Waals surface area contributed by atoms with Crippen molar-refractivity contribution < 1.29 is 9.59 Å². The van der Waals surface area contributed by atoms with E-state index in [-0.39, 0.29) is 18.7 Å². The van der Waals surface area contributed by atoms with Crippen molar-refractivity contribution in [1.29, 1.82) is 0 Å². The number of para-hydroxylation sites is 1. The number of benzene rings is 1. The number of carbonyl (C=O) groups is 2. The van der Waals surface area contributed by atoms with Gasteiger partial charge in [-0.05, 0) is 36.6 Å². The van der Waals surface area contributed by atoms with Gasteiger partial charge in [0.2, 0.25) is 11.1 Å². The number of amides is 1. The summed E-state index contributed by atoms with van der Waals surface area (Å²) in [6, 6.07) is 5.78. The maximum atomic E-state index is 11.5. The Morgan fingerprint density at radius 2 is 1.75 bits per heavy atom. The van der Waals surface area contributed by atoms with Crippen LogP contribution in [0.3, 0.4) is 0 Å². The minimum absolute atomic E-state index is 0.0678. The van der Waals surface area contributed by atoms with Crippen LogP contribution in [0, 0.1) is 13.8 Å². The van der Waals surface area contributed by atoms with Crippen molar-refractivity contribution >= 4 is 28.4 Å². The molecule has 0 aliphatic heterocycles. The lowest BCUT2D eigenvalue weighted by atomic mass is 10.1. The Morgan fingerprint density at radius 1 is 1.19 bits per heavy atom. The lowest BCUT2D eigenvalue weighted by molar-refractivity contribution is -0.119. The van der Waals surface area contributed by atoms with Crippen molar-refractivity contribution in [2.45, 2.75) is 26.7 Å². The SMILES string of the molecule is Cc1cccc(C)c1NC(=O)CCC(=O)Cl. The van der Waals surface area contributed by atoms with Crippen LogP contribution in [0.25, 0.3) is 0 Å². The molecule has 1 aromatic carbocycles. The predicted octanol–water partition coefficient (Wildman–Crippen LogP) is 2.79. The number of halogens is 1. The lowest BCUT2D eigenvalue weighted by Gasteiger charge is -2.10. The quantitative estimate of drug-likeness (QED) is 0.822. The molecule has 0 radical (unpaired) electrons. The Bertz CT molecular complexity index is 395. The van der Waals surface area contributed by atoms with Gasteiger partial charge >= 0.3 is 0 Å². The summed E-state index contributed by atoms with van der Waals surface area (Å²) in [6.07, 6.45) is 0.189. The summed E-state index contributed by atoms with van der Waals surface area (Å²) < 4.78 is 0. The van der Waals surface area contributed by atoms with E-state index in [1.165, 1.54) is 0 Å². The maximum absolute atomic E-state index is 11.5. The van der Waals surface area contributed by atoms with E-state index >= 15 is 0 Å². The molecule has 0 heterocycles. The number of hydrogen-bond acceptors (Lipinski definition) is 2. The molecule has 1 aromatic rings. The van der Waals surface area contributed by atoms with E-state index in [4.69, 9.17) is 11.6 Å². The van der Waals surface area contributed by atoms with Gasteiger partial charge in [-0.3, -0.25) is 9.59 Å². The monoisotopic (exact) mass is 239 g/mol. The molecule has 1 rings (SSSR count). The third kappa shape index (κ3) is 3.66. The van der Waals surface area contributed by atoms with Gasteiger partial charge < -0.3 is 5.32 Å². The van der Waals surface area contributed by atoms with Crippen molar-refractivity contribution in [3.8, 4) is 0 Å². The molecule has 0 aliphatic rings. The first-order chi connectivity index (χ1) is 7.50. The summed E-state index contributed by atoms with van der Waals surface area (Å²) in [4.78, 5) is 22.0. The number of hydrogen-bond donors (Lipinski definition) is 1. The fourth-order valence-electron chi connectivity index (χ4n) is 1.43. The number of aryl methyl sites for hydroxylation is 2. The summed E-state index contributed by atoms with van der Waals surface area (Å²) in [6.45, 7) is 3.85. The van der Waals surface area contributed by atoms with Crippen LogP contribution in [0.5, 0.6) is 0 Å². The maximum Gasteiger partial charge on any atom is 0.224 e. The largest absolute Gasteiger partial charge is 0.326 e. The zero-order valence-corrected chi connectivity index (χ0v) is 10.1. The van der Waals surface area contributed by atoms with Gasteiger partial charge in [-0.1, -0.05) is 18.2 Å². The lowest BCUT2D eigenvalue weighted by Crippen LogP contribution is -2.13. The highest BCUT2D eigenvalue weighted by Gasteiger charge is 2.08. The molecule has 1 amide bonds. The molecule has 4 heteroatoms. The Hall–Kier alpha value is -1.35. The first-order valence-corrected chi connectivity index (χ1v) is 5.43. The van der Waals surface area contributed by atoms with E-state index in [0.717, 1.165) is 16.8 Å². The molecular formula is C12H14ClNO2. The normalized spacial score (nSPS) is 9.94. The Kier molecular flexibility index (Phi) is 4.50. The zero-order valence-electron chi connectivity index (χ0n) is 9.34. The molecule has 1 N–H and O–H groups in total. The van der Waals surface area contributed by atoms with Gasteiger partial charge in [-0.15, -0.1) is 0 Å². The second kappa shape index (κ2) is 5.66. The molecule has 0 spiro atoms. The van der Waals surface area contributed by atoms with Gasteiger partial charge in [0.05, 0.1) is 0 Å². The second-order valence-electron chi connectivity index (χ2n) is 3.67.